The Morgan fingerprint density at radius 2 is 2.26 bits per heavy atom. The number of hydrogen-bond acceptors (Lipinski definition) is 7. The Kier molecular flexibility index (Phi) is 3.68. The van der Waals surface area contributed by atoms with Gasteiger partial charge in [-0.3, -0.25) is 0 Å². The van der Waals surface area contributed by atoms with E-state index in [9.17, 15) is 0 Å². The smallest absolute Gasteiger partial charge is 0.172 e. The third-order valence-corrected chi connectivity index (χ3v) is 5.81. The van der Waals surface area contributed by atoms with Crippen molar-refractivity contribution < 1.29 is 4.74 Å². The van der Waals surface area contributed by atoms with Gasteiger partial charge >= 0.3 is 0 Å². The molecule has 0 amide bonds. The van der Waals surface area contributed by atoms with E-state index < -0.39 is 0 Å². The molecule has 3 N–H and O–H groups in total. The number of nitrogen functional groups attached to an aromatic ring is 1. The zero-order valence-electron chi connectivity index (χ0n) is 12.2. The fourth-order valence-electron chi connectivity index (χ4n) is 2.41. The van der Waals surface area contributed by atoms with Crippen molar-refractivity contribution in [2.24, 2.45) is 0 Å². The van der Waals surface area contributed by atoms with Crippen LogP contribution in [0.4, 0.5) is 11.5 Å². The van der Waals surface area contributed by atoms with Gasteiger partial charge in [-0.1, -0.05) is 11.8 Å². The molecule has 118 valence electrons. The van der Waals surface area contributed by atoms with E-state index in [2.05, 4.69) is 66.6 Å². The molecular weight excluding hydrogens is 427 g/mol. The van der Waals surface area contributed by atoms with Crippen molar-refractivity contribution in [3.05, 3.63) is 22.0 Å². The molecule has 0 saturated heterocycles. The van der Waals surface area contributed by atoms with Crippen molar-refractivity contribution in [1.29, 1.82) is 0 Å². The van der Waals surface area contributed by atoms with Crippen molar-refractivity contribution in [2.45, 2.75) is 10.1 Å². The van der Waals surface area contributed by atoms with E-state index in [1.165, 1.54) is 18.1 Å². The average Bonchev–Trinajstić information content (AvgIpc) is 2.93. The zero-order valence-corrected chi connectivity index (χ0v) is 15.2. The van der Waals surface area contributed by atoms with Crippen LogP contribution in [0.5, 0.6) is 5.75 Å². The highest BCUT2D eigenvalue weighted by Gasteiger charge is 2.19. The lowest BCUT2D eigenvalue weighted by molar-refractivity contribution is 0.310. The number of imidazole rings is 1. The second-order valence-corrected chi connectivity index (χ2v) is 7.31. The van der Waals surface area contributed by atoms with Crippen LogP contribution in [-0.2, 0) is 0 Å². The van der Waals surface area contributed by atoms with Gasteiger partial charge in [-0.05, 0) is 34.7 Å². The molecule has 3 heterocycles. The van der Waals surface area contributed by atoms with Crippen LogP contribution in [0.2, 0.25) is 0 Å². The standard InChI is InChI=1S/C14H13IN6OS/c1-21-2-3-22-9-5-10(7(15)4-8(9)21)23-14-19-11-12(16)17-6-18-13(11)20-14/h4-6H,2-3H2,1H3,(H3,16,17,18,19,20). The van der Waals surface area contributed by atoms with Crippen LogP contribution in [0, 0.1) is 3.57 Å². The molecule has 23 heavy (non-hydrogen) atoms. The minimum atomic E-state index is 0.378. The SMILES string of the molecule is CN1CCOc2cc(Sc3nc4c(N)ncnc4[nH]3)c(I)cc21. The molecule has 0 fully saturated rings. The van der Waals surface area contributed by atoms with E-state index in [1.807, 2.05) is 0 Å². The van der Waals surface area contributed by atoms with Gasteiger partial charge in [-0.2, -0.15) is 0 Å². The predicted octanol–water partition coefficient (Wildman–Crippen LogP) is 2.52. The highest BCUT2D eigenvalue weighted by Crippen LogP contribution is 2.40. The lowest BCUT2D eigenvalue weighted by Crippen LogP contribution is -2.28. The number of aromatic nitrogens is 4. The molecule has 3 aromatic rings. The number of H-pyrrole nitrogens is 1. The maximum absolute atomic E-state index is 5.83. The summed E-state index contributed by atoms with van der Waals surface area (Å²) < 4.78 is 6.92. The van der Waals surface area contributed by atoms with E-state index >= 15 is 0 Å². The first-order valence-electron chi connectivity index (χ1n) is 6.93. The topological polar surface area (TPSA) is 92.9 Å². The number of rotatable bonds is 2. The number of nitrogens with one attached hydrogen (secondary N) is 1. The van der Waals surface area contributed by atoms with E-state index in [1.54, 1.807) is 0 Å². The molecule has 0 bridgehead atoms. The molecule has 0 unspecified atom stereocenters. The Morgan fingerprint density at radius 1 is 1.39 bits per heavy atom. The van der Waals surface area contributed by atoms with Crippen LogP contribution in [0.1, 0.15) is 0 Å². The van der Waals surface area contributed by atoms with E-state index in [0.717, 1.165) is 31.6 Å². The first-order valence-corrected chi connectivity index (χ1v) is 8.83. The van der Waals surface area contributed by atoms with Gasteiger partial charge in [0.1, 0.15) is 18.7 Å². The van der Waals surface area contributed by atoms with Gasteiger partial charge in [0.05, 0.1) is 12.2 Å². The number of nitrogens with zero attached hydrogens (tertiary/aromatic N) is 4. The summed E-state index contributed by atoms with van der Waals surface area (Å²) in [4.78, 5) is 19.0. The van der Waals surface area contributed by atoms with Crippen LogP contribution < -0.4 is 15.4 Å². The van der Waals surface area contributed by atoms with Crippen molar-refractivity contribution in [1.82, 2.24) is 19.9 Å². The van der Waals surface area contributed by atoms with Gasteiger partial charge in [0.15, 0.2) is 22.1 Å². The van der Waals surface area contributed by atoms with Crippen molar-refractivity contribution in [2.75, 3.05) is 30.8 Å². The van der Waals surface area contributed by atoms with E-state index in [-0.39, 0.29) is 0 Å². The number of benzene rings is 1. The number of nitrogens with two attached hydrogens (primary N) is 1. The Bertz CT molecular complexity index is 898. The maximum Gasteiger partial charge on any atom is 0.172 e. The van der Waals surface area contributed by atoms with Crippen LogP contribution in [-0.4, -0.2) is 40.1 Å². The summed E-state index contributed by atoms with van der Waals surface area (Å²) in [6.45, 7) is 1.60. The summed E-state index contributed by atoms with van der Waals surface area (Å²) in [6.07, 6.45) is 1.43. The normalized spacial score (nSPS) is 13.9. The number of aromatic amines is 1. The molecular formula is C14H13IN6OS. The molecule has 4 rings (SSSR count). The molecule has 0 saturated carbocycles. The minimum absolute atomic E-state index is 0.378. The number of fused-ring (bicyclic) bond motifs is 2. The van der Waals surface area contributed by atoms with Crippen molar-refractivity contribution in [3.63, 3.8) is 0 Å². The number of ether oxygens (including phenoxy) is 1. The monoisotopic (exact) mass is 440 g/mol. The second-order valence-electron chi connectivity index (χ2n) is 5.12. The van der Waals surface area contributed by atoms with Gasteiger partial charge in [-0.15, -0.1) is 0 Å². The summed E-state index contributed by atoms with van der Waals surface area (Å²) in [5.41, 5.74) is 8.18. The van der Waals surface area contributed by atoms with Gasteiger partial charge < -0.3 is 20.4 Å². The summed E-state index contributed by atoms with van der Waals surface area (Å²) in [5, 5.41) is 0.731. The predicted molar refractivity (Wildman–Crippen MR) is 98.1 cm³/mol. The second kappa shape index (κ2) is 5.71. The first-order chi connectivity index (χ1) is 11.1. The first kappa shape index (κ1) is 14.8. The number of hydrogen-bond donors (Lipinski definition) is 2. The average molecular weight is 440 g/mol. The van der Waals surface area contributed by atoms with Crippen LogP contribution >= 0.6 is 34.4 Å². The van der Waals surface area contributed by atoms with Gasteiger partial charge in [-0.25, -0.2) is 15.0 Å². The summed E-state index contributed by atoms with van der Waals surface area (Å²) in [6, 6.07) is 4.19. The molecule has 1 aliphatic heterocycles. The molecule has 7 nitrogen and oxygen atoms in total. The fourth-order valence-corrected chi connectivity index (χ4v) is 4.00. The van der Waals surface area contributed by atoms with Crippen LogP contribution in [0.3, 0.4) is 0 Å². The van der Waals surface area contributed by atoms with Crippen LogP contribution in [0.15, 0.2) is 28.5 Å². The van der Waals surface area contributed by atoms with E-state index in [4.69, 9.17) is 10.5 Å². The highest BCUT2D eigenvalue weighted by atomic mass is 127. The summed E-state index contributed by atoms with van der Waals surface area (Å²) in [5.74, 6) is 1.28. The van der Waals surface area contributed by atoms with Crippen molar-refractivity contribution >= 4 is 57.0 Å². The number of anilines is 2. The Balaban J connectivity index is 1.71. The number of likely N-dealkylation sites (N-methyl/N-ethyl adjacent to an activating group) is 1. The molecule has 9 heteroatoms. The molecule has 1 aromatic carbocycles. The Morgan fingerprint density at radius 3 is 3.09 bits per heavy atom. The Labute approximate surface area is 150 Å². The molecule has 0 aliphatic carbocycles. The van der Waals surface area contributed by atoms with E-state index in [0.29, 0.717) is 23.6 Å². The minimum Gasteiger partial charge on any atom is -0.490 e. The lowest BCUT2D eigenvalue weighted by Gasteiger charge is -2.28. The molecule has 0 radical (unpaired) electrons. The third-order valence-electron chi connectivity index (χ3n) is 3.60. The van der Waals surface area contributed by atoms with Gasteiger partial charge in [0.2, 0.25) is 0 Å². The summed E-state index contributed by atoms with van der Waals surface area (Å²) >= 11 is 3.86. The van der Waals surface area contributed by atoms with Gasteiger partial charge in [0, 0.05) is 15.5 Å². The highest BCUT2D eigenvalue weighted by molar-refractivity contribution is 14.1. The number of halogens is 1. The Hall–Kier alpha value is -1.75. The fraction of sp³-hybridized carbons (Fsp3) is 0.214. The lowest BCUT2D eigenvalue weighted by atomic mass is 10.2. The molecule has 1 aliphatic rings. The molecule has 2 aromatic heterocycles. The quantitative estimate of drug-likeness (QED) is 0.592. The van der Waals surface area contributed by atoms with Crippen molar-refractivity contribution in [3.8, 4) is 5.75 Å². The third kappa shape index (κ3) is 2.67. The van der Waals surface area contributed by atoms with Crippen LogP contribution in [0.25, 0.3) is 11.2 Å². The maximum atomic E-state index is 5.83. The van der Waals surface area contributed by atoms with Gasteiger partial charge in [0.25, 0.3) is 0 Å². The zero-order chi connectivity index (χ0) is 16.0. The molecule has 0 spiro atoms. The summed E-state index contributed by atoms with van der Waals surface area (Å²) in [7, 11) is 2.07. The molecule has 0 atom stereocenters. The largest absolute Gasteiger partial charge is 0.490 e.